The molecule has 2 N–H and O–H groups in total. The van der Waals surface area contributed by atoms with Crippen LogP contribution in [0.25, 0.3) is 0 Å². The number of rotatable bonds is 5. The summed E-state index contributed by atoms with van der Waals surface area (Å²) in [6.45, 7) is 5.58. The molecular formula is C14H22N4O3. The van der Waals surface area contributed by atoms with Crippen LogP contribution in [0, 0.1) is 0 Å². The van der Waals surface area contributed by atoms with Gasteiger partial charge in [0.25, 0.3) is 5.91 Å². The van der Waals surface area contributed by atoms with Gasteiger partial charge >= 0.3 is 0 Å². The first kappa shape index (κ1) is 15.3. The van der Waals surface area contributed by atoms with Gasteiger partial charge in [0.1, 0.15) is 11.7 Å². The number of likely N-dealkylation sites (tertiary alicyclic amines) is 1. The molecule has 2 heterocycles. The van der Waals surface area contributed by atoms with E-state index in [1.165, 1.54) is 12.5 Å². The molecule has 0 aromatic carbocycles. The Balaban J connectivity index is 1.89. The predicted octanol–water partition coefficient (Wildman–Crippen LogP) is 0.939. The zero-order valence-electron chi connectivity index (χ0n) is 12.5. The fraction of sp³-hybridized carbons (Fsp3) is 0.643. The molecule has 1 fully saturated rings. The third-order valence-electron chi connectivity index (χ3n) is 3.48. The largest absolute Gasteiger partial charge is 0.477 e. The molecule has 0 saturated carbocycles. The van der Waals surface area contributed by atoms with E-state index in [1.807, 2.05) is 11.8 Å². The van der Waals surface area contributed by atoms with Crippen LogP contribution < -0.4 is 10.1 Å². The van der Waals surface area contributed by atoms with Crippen molar-refractivity contribution in [3.63, 3.8) is 0 Å². The Labute approximate surface area is 124 Å². The molecule has 1 atom stereocenters. The molecule has 7 heteroatoms. The van der Waals surface area contributed by atoms with Gasteiger partial charge in [-0.05, 0) is 33.1 Å². The molecule has 1 aliphatic heterocycles. The molecule has 2 amide bonds. The van der Waals surface area contributed by atoms with Gasteiger partial charge in [-0.25, -0.2) is 0 Å². The molecule has 1 aromatic heterocycles. The van der Waals surface area contributed by atoms with Crippen molar-refractivity contribution in [2.45, 2.75) is 39.2 Å². The lowest BCUT2D eigenvalue weighted by Gasteiger charge is -2.29. The first-order chi connectivity index (χ1) is 10.1. The fourth-order valence-electron chi connectivity index (χ4n) is 2.37. The van der Waals surface area contributed by atoms with E-state index in [9.17, 15) is 9.59 Å². The molecule has 0 bridgehead atoms. The zero-order valence-corrected chi connectivity index (χ0v) is 12.5. The molecule has 116 valence electrons. The van der Waals surface area contributed by atoms with Crippen LogP contribution in [-0.2, 0) is 4.79 Å². The van der Waals surface area contributed by atoms with Gasteiger partial charge < -0.3 is 15.0 Å². The number of nitrogens with zero attached hydrogens (tertiary/aromatic N) is 2. The van der Waals surface area contributed by atoms with Gasteiger partial charge in [0.15, 0.2) is 0 Å². The maximum absolute atomic E-state index is 12.2. The highest BCUT2D eigenvalue weighted by atomic mass is 16.5. The Morgan fingerprint density at radius 2 is 2.14 bits per heavy atom. The lowest BCUT2D eigenvalue weighted by Crippen LogP contribution is -2.48. The molecular weight excluding hydrogens is 272 g/mol. The van der Waals surface area contributed by atoms with Crippen LogP contribution in [0.15, 0.2) is 6.07 Å². The number of carbonyl (C=O) groups excluding carboxylic acids is 2. The molecule has 1 aromatic rings. The summed E-state index contributed by atoms with van der Waals surface area (Å²) in [6.07, 6.45) is 3.23. The molecule has 1 unspecified atom stereocenters. The summed E-state index contributed by atoms with van der Waals surface area (Å²) < 4.78 is 5.19. The standard InChI is InChI=1S/C14H22N4O3/c1-3-21-12-9-11(16-17-12)13(19)15-10(2)14(20)18-7-5-4-6-8-18/h9-10H,3-8H2,1-2H3,(H,15,19)(H,16,17). The van der Waals surface area contributed by atoms with E-state index in [1.54, 1.807) is 6.92 Å². The third-order valence-corrected chi connectivity index (χ3v) is 3.48. The Morgan fingerprint density at radius 1 is 1.43 bits per heavy atom. The summed E-state index contributed by atoms with van der Waals surface area (Å²) >= 11 is 0. The predicted molar refractivity (Wildman–Crippen MR) is 77.1 cm³/mol. The summed E-state index contributed by atoms with van der Waals surface area (Å²) in [5.74, 6) is -0.0171. The topological polar surface area (TPSA) is 87.3 Å². The minimum absolute atomic E-state index is 0.0346. The first-order valence-electron chi connectivity index (χ1n) is 7.39. The summed E-state index contributed by atoms with van der Waals surface area (Å²) in [7, 11) is 0. The van der Waals surface area contributed by atoms with Gasteiger partial charge in [-0.3, -0.25) is 14.7 Å². The summed E-state index contributed by atoms with van der Waals surface area (Å²) in [4.78, 5) is 26.1. The van der Waals surface area contributed by atoms with Crippen molar-refractivity contribution in [2.24, 2.45) is 0 Å². The number of H-pyrrole nitrogens is 1. The summed E-state index contributed by atoms with van der Waals surface area (Å²) in [5, 5.41) is 9.16. The van der Waals surface area contributed by atoms with Crippen molar-refractivity contribution in [3.05, 3.63) is 11.8 Å². The van der Waals surface area contributed by atoms with Crippen LogP contribution in [0.1, 0.15) is 43.6 Å². The lowest BCUT2D eigenvalue weighted by molar-refractivity contribution is -0.133. The van der Waals surface area contributed by atoms with Gasteiger partial charge in [-0.1, -0.05) is 0 Å². The third kappa shape index (κ3) is 3.96. The van der Waals surface area contributed by atoms with E-state index in [2.05, 4.69) is 15.5 Å². The van der Waals surface area contributed by atoms with Crippen molar-refractivity contribution in [1.29, 1.82) is 0 Å². The van der Waals surface area contributed by atoms with Crippen molar-refractivity contribution in [3.8, 4) is 5.88 Å². The lowest BCUT2D eigenvalue weighted by atomic mass is 10.1. The minimum atomic E-state index is -0.547. The van der Waals surface area contributed by atoms with Gasteiger partial charge in [0.05, 0.1) is 6.61 Å². The van der Waals surface area contributed by atoms with Crippen LogP contribution in [0.5, 0.6) is 5.88 Å². The zero-order chi connectivity index (χ0) is 15.2. The van der Waals surface area contributed by atoms with E-state index in [4.69, 9.17) is 4.74 Å². The number of nitrogens with one attached hydrogen (secondary N) is 2. The molecule has 1 saturated heterocycles. The number of ether oxygens (including phenoxy) is 1. The normalized spacial score (nSPS) is 16.4. The van der Waals surface area contributed by atoms with Crippen LogP contribution in [0.2, 0.25) is 0 Å². The Morgan fingerprint density at radius 3 is 2.81 bits per heavy atom. The highest BCUT2D eigenvalue weighted by molar-refractivity contribution is 5.96. The van der Waals surface area contributed by atoms with Crippen LogP contribution in [0.3, 0.4) is 0 Å². The van der Waals surface area contributed by atoms with Crippen LogP contribution in [-0.4, -0.2) is 52.6 Å². The van der Waals surface area contributed by atoms with Crippen molar-refractivity contribution in [2.75, 3.05) is 19.7 Å². The Kier molecular flexibility index (Phi) is 5.19. The highest BCUT2D eigenvalue weighted by Gasteiger charge is 2.24. The van der Waals surface area contributed by atoms with E-state index in [0.29, 0.717) is 12.5 Å². The second kappa shape index (κ2) is 7.10. The van der Waals surface area contributed by atoms with E-state index in [0.717, 1.165) is 25.9 Å². The van der Waals surface area contributed by atoms with Crippen molar-refractivity contribution < 1.29 is 14.3 Å². The van der Waals surface area contributed by atoms with Crippen molar-refractivity contribution >= 4 is 11.8 Å². The molecule has 21 heavy (non-hydrogen) atoms. The average Bonchev–Trinajstić information content (AvgIpc) is 2.96. The maximum atomic E-state index is 12.2. The smallest absolute Gasteiger partial charge is 0.270 e. The van der Waals surface area contributed by atoms with Gasteiger partial charge in [0, 0.05) is 19.2 Å². The van der Waals surface area contributed by atoms with Crippen LogP contribution in [0.4, 0.5) is 0 Å². The van der Waals surface area contributed by atoms with E-state index < -0.39 is 6.04 Å². The summed E-state index contributed by atoms with van der Waals surface area (Å²) in [6, 6.07) is 0.978. The van der Waals surface area contributed by atoms with Crippen LogP contribution >= 0.6 is 0 Å². The number of carbonyl (C=O) groups is 2. The second-order valence-corrected chi connectivity index (χ2v) is 5.13. The summed E-state index contributed by atoms with van der Waals surface area (Å²) in [5.41, 5.74) is 0.289. The number of hydrogen-bond donors (Lipinski definition) is 2. The molecule has 2 rings (SSSR count). The quantitative estimate of drug-likeness (QED) is 0.846. The highest BCUT2D eigenvalue weighted by Crippen LogP contribution is 2.11. The van der Waals surface area contributed by atoms with E-state index >= 15 is 0 Å². The first-order valence-corrected chi connectivity index (χ1v) is 7.39. The SMILES string of the molecule is CCOc1cc(C(=O)NC(C)C(=O)N2CCCCC2)[nH]n1. The number of aromatic nitrogens is 2. The van der Waals surface area contributed by atoms with Gasteiger partial charge in [-0.2, -0.15) is 0 Å². The fourth-order valence-corrected chi connectivity index (χ4v) is 2.37. The van der Waals surface area contributed by atoms with E-state index in [-0.39, 0.29) is 17.5 Å². The Bertz CT molecular complexity index is 494. The average molecular weight is 294 g/mol. The number of piperidine rings is 1. The molecule has 7 nitrogen and oxygen atoms in total. The van der Waals surface area contributed by atoms with Crippen molar-refractivity contribution in [1.82, 2.24) is 20.4 Å². The number of aromatic amines is 1. The minimum Gasteiger partial charge on any atom is -0.477 e. The molecule has 0 spiro atoms. The monoisotopic (exact) mass is 294 g/mol. The number of amides is 2. The second-order valence-electron chi connectivity index (χ2n) is 5.13. The number of hydrogen-bond acceptors (Lipinski definition) is 4. The molecule has 0 radical (unpaired) electrons. The molecule has 1 aliphatic rings. The maximum Gasteiger partial charge on any atom is 0.270 e. The van der Waals surface area contributed by atoms with Gasteiger partial charge in [-0.15, -0.1) is 5.10 Å². The molecule has 0 aliphatic carbocycles. The van der Waals surface area contributed by atoms with Gasteiger partial charge in [0.2, 0.25) is 11.8 Å². The Hall–Kier alpha value is -2.05.